The van der Waals surface area contributed by atoms with E-state index in [1.165, 1.54) is 0 Å². The third kappa shape index (κ3) is 2.08. The highest BCUT2D eigenvalue weighted by Crippen LogP contribution is 2.42. The second-order valence-electron chi connectivity index (χ2n) is 5.17. The Bertz CT molecular complexity index is 396. The molecule has 2 N–H and O–H groups in total. The van der Waals surface area contributed by atoms with E-state index < -0.39 is 0 Å². The summed E-state index contributed by atoms with van der Waals surface area (Å²) in [5, 5.41) is 9.38. The standard InChI is InChI=1S/C11H18N4O/c1-7-12-10(15-14-7)13-9(16)8-5-4-6-11(8,2)3/h8H,4-6H2,1-3H3,(H2,12,13,14,15,16). The first-order valence-corrected chi connectivity index (χ1v) is 5.69. The van der Waals surface area contributed by atoms with Gasteiger partial charge in [-0.25, -0.2) is 0 Å². The predicted molar refractivity (Wildman–Crippen MR) is 60.9 cm³/mol. The molecule has 1 aliphatic rings. The summed E-state index contributed by atoms with van der Waals surface area (Å²) in [6.07, 6.45) is 3.19. The number of aryl methyl sites for hydroxylation is 1. The Morgan fingerprint density at radius 1 is 1.56 bits per heavy atom. The van der Waals surface area contributed by atoms with Crippen LogP contribution in [0.5, 0.6) is 0 Å². The van der Waals surface area contributed by atoms with E-state index in [9.17, 15) is 4.79 Å². The molecule has 0 radical (unpaired) electrons. The Balaban J connectivity index is 2.03. The van der Waals surface area contributed by atoms with Gasteiger partial charge in [0, 0.05) is 5.92 Å². The summed E-state index contributed by atoms with van der Waals surface area (Å²) in [7, 11) is 0. The van der Waals surface area contributed by atoms with Gasteiger partial charge in [0.25, 0.3) is 0 Å². The fraction of sp³-hybridized carbons (Fsp3) is 0.727. The molecule has 1 heterocycles. The Hall–Kier alpha value is -1.39. The number of hydrogen-bond donors (Lipinski definition) is 2. The van der Waals surface area contributed by atoms with Crippen molar-refractivity contribution < 1.29 is 4.79 Å². The average molecular weight is 222 g/mol. The highest BCUT2D eigenvalue weighted by molar-refractivity contribution is 5.91. The molecule has 5 nitrogen and oxygen atoms in total. The van der Waals surface area contributed by atoms with Crippen molar-refractivity contribution in [2.75, 3.05) is 5.32 Å². The molecule has 0 saturated heterocycles. The van der Waals surface area contributed by atoms with Crippen molar-refractivity contribution in [2.45, 2.75) is 40.0 Å². The fourth-order valence-electron chi connectivity index (χ4n) is 2.41. The number of rotatable bonds is 2. The number of amides is 1. The third-order valence-corrected chi connectivity index (χ3v) is 3.41. The van der Waals surface area contributed by atoms with E-state index >= 15 is 0 Å². The Morgan fingerprint density at radius 2 is 2.31 bits per heavy atom. The molecule has 88 valence electrons. The van der Waals surface area contributed by atoms with Crippen molar-refractivity contribution in [3.05, 3.63) is 5.82 Å². The molecule has 1 atom stereocenters. The van der Waals surface area contributed by atoms with E-state index in [0.717, 1.165) is 19.3 Å². The van der Waals surface area contributed by atoms with Crippen LogP contribution in [0.25, 0.3) is 0 Å². The molecule has 1 aromatic heterocycles. The molecule has 0 bridgehead atoms. The van der Waals surface area contributed by atoms with E-state index in [1.54, 1.807) is 0 Å². The molecular weight excluding hydrogens is 204 g/mol. The quantitative estimate of drug-likeness (QED) is 0.802. The number of aromatic nitrogens is 3. The lowest BCUT2D eigenvalue weighted by Gasteiger charge is -2.25. The predicted octanol–water partition coefficient (Wildman–Crippen LogP) is 1.88. The number of carbonyl (C=O) groups excluding carboxylic acids is 1. The highest BCUT2D eigenvalue weighted by Gasteiger charge is 2.39. The lowest BCUT2D eigenvalue weighted by molar-refractivity contribution is -0.122. The van der Waals surface area contributed by atoms with E-state index in [1.807, 2.05) is 6.92 Å². The van der Waals surface area contributed by atoms with E-state index in [4.69, 9.17) is 0 Å². The van der Waals surface area contributed by atoms with E-state index in [2.05, 4.69) is 34.3 Å². The number of aromatic amines is 1. The van der Waals surface area contributed by atoms with Crippen molar-refractivity contribution in [3.63, 3.8) is 0 Å². The number of hydrogen-bond acceptors (Lipinski definition) is 3. The molecule has 0 aliphatic heterocycles. The maximum absolute atomic E-state index is 12.0. The molecule has 5 heteroatoms. The highest BCUT2D eigenvalue weighted by atomic mass is 16.2. The minimum atomic E-state index is 0.0431. The average Bonchev–Trinajstić information content (AvgIpc) is 2.72. The van der Waals surface area contributed by atoms with Gasteiger partial charge in [0.1, 0.15) is 5.82 Å². The topological polar surface area (TPSA) is 70.7 Å². The van der Waals surface area contributed by atoms with Crippen LogP contribution in [0.15, 0.2) is 0 Å². The summed E-state index contributed by atoms with van der Waals surface area (Å²) in [6.45, 7) is 6.10. The summed E-state index contributed by atoms with van der Waals surface area (Å²) in [5.74, 6) is 1.21. The number of H-pyrrole nitrogens is 1. The Morgan fingerprint density at radius 3 is 2.81 bits per heavy atom. The smallest absolute Gasteiger partial charge is 0.248 e. The molecule has 1 amide bonds. The summed E-state index contributed by atoms with van der Waals surface area (Å²) in [4.78, 5) is 16.1. The second kappa shape index (κ2) is 3.88. The summed E-state index contributed by atoms with van der Waals surface area (Å²) < 4.78 is 0. The van der Waals surface area contributed by atoms with Gasteiger partial charge in [-0.3, -0.25) is 15.2 Å². The molecule has 2 rings (SSSR count). The van der Waals surface area contributed by atoms with Gasteiger partial charge < -0.3 is 0 Å². The normalized spacial score (nSPS) is 23.3. The molecule has 1 fully saturated rings. The van der Waals surface area contributed by atoms with Gasteiger partial charge in [-0.15, -0.1) is 5.10 Å². The van der Waals surface area contributed by atoms with Gasteiger partial charge in [-0.2, -0.15) is 4.98 Å². The van der Waals surface area contributed by atoms with Crippen LogP contribution in [0, 0.1) is 18.3 Å². The summed E-state index contributed by atoms with van der Waals surface area (Å²) in [6, 6.07) is 0. The van der Waals surface area contributed by atoms with Crippen LogP contribution in [-0.2, 0) is 4.79 Å². The maximum Gasteiger partial charge on any atom is 0.248 e. The zero-order chi connectivity index (χ0) is 11.8. The summed E-state index contributed by atoms with van der Waals surface area (Å²) in [5.41, 5.74) is 0.0927. The number of nitrogens with one attached hydrogen (secondary N) is 2. The van der Waals surface area contributed by atoms with Crippen LogP contribution >= 0.6 is 0 Å². The molecule has 0 spiro atoms. The molecule has 1 unspecified atom stereocenters. The molecular formula is C11H18N4O. The van der Waals surface area contributed by atoms with Gasteiger partial charge in [-0.05, 0) is 25.2 Å². The SMILES string of the molecule is Cc1nc(NC(=O)C2CCCC2(C)C)n[nH]1. The zero-order valence-corrected chi connectivity index (χ0v) is 10.0. The Kier molecular flexibility index (Phi) is 2.69. The van der Waals surface area contributed by atoms with Crippen molar-refractivity contribution in [2.24, 2.45) is 11.3 Å². The van der Waals surface area contributed by atoms with Gasteiger partial charge in [0.2, 0.25) is 11.9 Å². The van der Waals surface area contributed by atoms with Crippen LogP contribution in [0.1, 0.15) is 38.9 Å². The third-order valence-electron chi connectivity index (χ3n) is 3.41. The number of nitrogens with zero attached hydrogens (tertiary/aromatic N) is 2. The van der Waals surface area contributed by atoms with Crippen molar-refractivity contribution in [1.82, 2.24) is 15.2 Å². The lowest BCUT2D eigenvalue weighted by Crippen LogP contribution is -2.31. The van der Waals surface area contributed by atoms with Crippen LogP contribution < -0.4 is 5.32 Å². The van der Waals surface area contributed by atoms with Crippen LogP contribution in [0.2, 0.25) is 0 Å². The first kappa shape index (κ1) is 11.1. The largest absolute Gasteiger partial charge is 0.293 e. The molecule has 0 aromatic carbocycles. The van der Waals surface area contributed by atoms with Gasteiger partial charge in [-0.1, -0.05) is 20.3 Å². The molecule has 16 heavy (non-hydrogen) atoms. The lowest BCUT2D eigenvalue weighted by atomic mass is 9.81. The summed E-state index contributed by atoms with van der Waals surface area (Å²) >= 11 is 0. The number of anilines is 1. The monoisotopic (exact) mass is 222 g/mol. The van der Waals surface area contributed by atoms with Crippen molar-refractivity contribution in [3.8, 4) is 0 Å². The maximum atomic E-state index is 12.0. The Labute approximate surface area is 95.0 Å². The van der Waals surface area contributed by atoms with Gasteiger partial charge >= 0.3 is 0 Å². The number of carbonyl (C=O) groups is 1. The van der Waals surface area contributed by atoms with Crippen molar-refractivity contribution >= 4 is 11.9 Å². The van der Waals surface area contributed by atoms with Crippen LogP contribution in [0.4, 0.5) is 5.95 Å². The van der Waals surface area contributed by atoms with Gasteiger partial charge in [0.15, 0.2) is 0 Å². The first-order chi connectivity index (χ1) is 7.49. The fourth-order valence-corrected chi connectivity index (χ4v) is 2.41. The van der Waals surface area contributed by atoms with Crippen LogP contribution in [-0.4, -0.2) is 21.1 Å². The van der Waals surface area contributed by atoms with Crippen molar-refractivity contribution in [1.29, 1.82) is 0 Å². The van der Waals surface area contributed by atoms with E-state index in [0.29, 0.717) is 11.8 Å². The zero-order valence-electron chi connectivity index (χ0n) is 10.0. The van der Waals surface area contributed by atoms with Gasteiger partial charge in [0.05, 0.1) is 0 Å². The molecule has 1 aromatic rings. The van der Waals surface area contributed by atoms with Crippen LogP contribution in [0.3, 0.4) is 0 Å². The minimum Gasteiger partial charge on any atom is -0.293 e. The second-order valence-corrected chi connectivity index (χ2v) is 5.17. The molecule has 1 saturated carbocycles. The minimum absolute atomic E-state index is 0.0431. The van der Waals surface area contributed by atoms with E-state index in [-0.39, 0.29) is 17.2 Å². The first-order valence-electron chi connectivity index (χ1n) is 5.69. The molecule has 1 aliphatic carbocycles.